The maximum absolute atomic E-state index is 14.7. The van der Waals surface area contributed by atoms with Crippen LogP contribution < -0.4 is 5.63 Å². The first-order valence-corrected chi connectivity index (χ1v) is 12.3. The molecule has 4 aromatic rings. The predicted octanol–water partition coefficient (Wildman–Crippen LogP) is 2.77. The SMILES string of the molecule is O=C(c1cc2cc(Br)ccc2oc1=O)N1CCN(CC(O)(Cn2cncn2)c2ccc(F)cc2F)CC1. The number of carbonyl (C=O) groups is 1. The number of piperazine rings is 1. The average molecular weight is 574 g/mol. The molecule has 192 valence electrons. The first-order chi connectivity index (χ1) is 17.7. The third-order valence-corrected chi connectivity index (χ3v) is 6.89. The highest BCUT2D eigenvalue weighted by Crippen LogP contribution is 2.28. The van der Waals surface area contributed by atoms with Gasteiger partial charge in [0.15, 0.2) is 0 Å². The molecule has 5 rings (SSSR count). The molecule has 1 saturated heterocycles. The lowest BCUT2D eigenvalue weighted by Crippen LogP contribution is -2.53. The second-order valence-electron chi connectivity index (χ2n) is 8.95. The maximum atomic E-state index is 14.7. The summed E-state index contributed by atoms with van der Waals surface area (Å²) in [5.41, 5.74) is -2.20. The van der Waals surface area contributed by atoms with Gasteiger partial charge in [-0.2, -0.15) is 5.10 Å². The summed E-state index contributed by atoms with van der Waals surface area (Å²) in [6.07, 6.45) is 2.70. The summed E-state index contributed by atoms with van der Waals surface area (Å²) in [7, 11) is 0. The number of halogens is 3. The van der Waals surface area contributed by atoms with Crippen LogP contribution in [0.1, 0.15) is 15.9 Å². The van der Waals surface area contributed by atoms with Crippen LogP contribution in [0, 0.1) is 11.6 Å². The van der Waals surface area contributed by atoms with E-state index in [1.54, 1.807) is 23.1 Å². The van der Waals surface area contributed by atoms with E-state index in [0.717, 1.165) is 16.6 Å². The normalized spacial score (nSPS) is 16.2. The van der Waals surface area contributed by atoms with Crippen LogP contribution >= 0.6 is 15.9 Å². The van der Waals surface area contributed by atoms with Crippen molar-refractivity contribution in [2.24, 2.45) is 0 Å². The van der Waals surface area contributed by atoms with Crippen LogP contribution in [0.25, 0.3) is 11.0 Å². The zero-order chi connectivity index (χ0) is 26.2. The number of β-amino-alcohol motifs (C(OH)–C–C–N with tert-alkyl or cyclic N) is 1. The van der Waals surface area contributed by atoms with Gasteiger partial charge in [0.2, 0.25) is 0 Å². The maximum Gasteiger partial charge on any atom is 0.349 e. The standard InChI is InChI=1S/C25H22BrF2N5O4/c26-17-1-4-22-16(9-17)10-19(24(35)37-22)23(34)32-7-5-31(6-8-32)12-25(36,13-33-15-29-14-30-33)20-3-2-18(27)11-21(20)28/h1-4,9-11,14-15,36H,5-8,12-13H2. The van der Waals surface area contributed by atoms with Crippen LogP contribution in [0.5, 0.6) is 0 Å². The zero-order valence-electron chi connectivity index (χ0n) is 19.5. The fourth-order valence-corrected chi connectivity index (χ4v) is 4.94. The molecule has 9 nitrogen and oxygen atoms in total. The molecule has 0 spiro atoms. The number of hydrogen-bond acceptors (Lipinski definition) is 7. The minimum atomic E-state index is -1.75. The lowest BCUT2D eigenvalue weighted by Gasteiger charge is -2.39. The molecular formula is C25H22BrF2N5O4. The molecule has 3 heterocycles. The Bertz CT molecular complexity index is 1500. The molecule has 2 aromatic carbocycles. The van der Waals surface area contributed by atoms with Gasteiger partial charge in [0.1, 0.15) is 41.0 Å². The molecule has 37 heavy (non-hydrogen) atoms. The van der Waals surface area contributed by atoms with Crippen LogP contribution in [0.2, 0.25) is 0 Å². The molecule has 1 aliphatic rings. The number of amides is 1. The van der Waals surface area contributed by atoms with E-state index >= 15 is 0 Å². The number of hydrogen-bond donors (Lipinski definition) is 1. The van der Waals surface area contributed by atoms with Gasteiger partial charge in [0.05, 0.1) is 6.54 Å². The van der Waals surface area contributed by atoms with Crippen molar-refractivity contribution >= 4 is 32.8 Å². The van der Waals surface area contributed by atoms with Gasteiger partial charge in [-0.15, -0.1) is 0 Å². The van der Waals surface area contributed by atoms with Crippen LogP contribution in [0.4, 0.5) is 8.78 Å². The Morgan fingerprint density at radius 3 is 2.57 bits per heavy atom. The first-order valence-electron chi connectivity index (χ1n) is 11.5. The predicted molar refractivity (Wildman–Crippen MR) is 133 cm³/mol. The van der Waals surface area contributed by atoms with Gasteiger partial charge >= 0.3 is 5.63 Å². The van der Waals surface area contributed by atoms with Crippen LogP contribution in [0.15, 0.2) is 68.8 Å². The summed E-state index contributed by atoms with van der Waals surface area (Å²) < 4.78 is 35.7. The lowest BCUT2D eigenvalue weighted by atomic mass is 9.92. The van der Waals surface area contributed by atoms with Crippen molar-refractivity contribution in [1.82, 2.24) is 24.6 Å². The van der Waals surface area contributed by atoms with Crippen LogP contribution in [-0.4, -0.2) is 68.3 Å². The molecule has 12 heteroatoms. The van der Waals surface area contributed by atoms with Crippen molar-refractivity contribution in [2.75, 3.05) is 32.7 Å². The van der Waals surface area contributed by atoms with Gasteiger partial charge < -0.3 is 14.4 Å². The monoisotopic (exact) mass is 573 g/mol. The van der Waals surface area contributed by atoms with Gasteiger partial charge in [0, 0.05) is 54.2 Å². The molecule has 0 saturated carbocycles. The van der Waals surface area contributed by atoms with E-state index in [1.807, 2.05) is 4.90 Å². The summed E-state index contributed by atoms with van der Waals surface area (Å²) in [6.45, 7) is 1.17. The highest BCUT2D eigenvalue weighted by Gasteiger charge is 2.37. The summed E-state index contributed by atoms with van der Waals surface area (Å²) in [5.74, 6) is -2.06. The van der Waals surface area contributed by atoms with Crippen molar-refractivity contribution in [3.05, 3.63) is 92.8 Å². The fraction of sp³-hybridized carbons (Fsp3) is 0.280. The number of fused-ring (bicyclic) bond motifs is 1. The van der Waals surface area contributed by atoms with Crippen LogP contribution in [-0.2, 0) is 12.1 Å². The third-order valence-electron chi connectivity index (χ3n) is 6.39. The largest absolute Gasteiger partial charge is 0.422 e. The van der Waals surface area contributed by atoms with E-state index in [4.69, 9.17) is 4.42 Å². The molecule has 1 aliphatic heterocycles. The van der Waals surface area contributed by atoms with Crippen molar-refractivity contribution < 1.29 is 23.1 Å². The topological polar surface area (TPSA) is 105 Å². The van der Waals surface area contributed by atoms with E-state index in [2.05, 4.69) is 26.0 Å². The van der Waals surface area contributed by atoms with Crippen LogP contribution in [0.3, 0.4) is 0 Å². The number of carbonyl (C=O) groups excluding carboxylic acids is 1. The Morgan fingerprint density at radius 2 is 1.86 bits per heavy atom. The van der Waals surface area contributed by atoms with Gasteiger partial charge in [-0.3, -0.25) is 9.69 Å². The van der Waals surface area contributed by atoms with Crippen molar-refractivity contribution in [3.63, 3.8) is 0 Å². The number of nitrogens with zero attached hydrogens (tertiary/aromatic N) is 5. The highest BCUT2D eigenvalue weighted by molar-refractivity contribution is 9.10. The third kappa shape index (κ3) is 5.31. The zero-order valence-corrected chi connectivity index (χ0v) is 21.1. The van der Waals surface area contributed by atoms with Crippen molar-refractivity contribution in [2.45, 2.75) is 12.1 Å². The van der Waals surface area contributed by atoms with E-state index in [1.165, 1.54) is 29.5 Å². The summed E-state index contributed by atoms with van der Waals surface area (Å²) >= 11 is 3.37. The smallest absolute Gasteiger partial charge is 0.349 e. The van der Waals surface area contributed by atoms with E-state index in [9.17, 15) is 23.5 Å². The molecule has 0 aliphatic carbocycles. The molecule has 1 unspecified atom stereocenters. The Kier molecular flexibility index (Phi) is 6.88. The average Bonchev–Trinajstić information content (AvgIpc) is 3.36. The Morgan fingerprint density at radius 1 is 1.08 bits per heavy atom. The molecule has 1 atom stereocenters. The molecule has 2 aromatic heterocycles. The van der Waals surface area contributed by atoms with Gasteiger partial charge in [-0.05, 0) is 30.3 Å². The minimum Gasteiger partial charge on any atom is -0.422 e. The number of benzene rings is 2. The fourth-order valence-electron chi connectivity index (χ4n) is 4.56. The quantitative estimate of drug-likeness (QED) is 0.354. The molecular weight excluding hydrogens is 552 g/mol. The van der Waals surface area contributed by atoms with Crippen molar-refractivity contribution in [1.29, 1.82) is 0 Å². The first kappa shape index (κ1) is 25.2. The Hall–Kier alpha value is -3.48. The summed E-state index contributed by atoms with van der Waals surface area (Å²) in [6, 6.07) is 9.72. The molecule has 1 amide bonds. The lowest BCUT2D eigenvalue weighted by molar-refractivity contribution is -0.0302. The van der Waals surface area contributed by atoms with Gasteiger partial charge in [-0.1, -0.05) is 22.0 Å². The highest BCUT2D eigenvalue weighted by atomic mass is 79.9. The van der Waals surface area contributed by atoms with E-state index in [-0.39, 0.29) is 37.3 Å². The number of aliphatic hydroxyl groups is 1. The molecule has 1 N–H and O–H groups in total. The number of aromatic nitrogens is 3. The second kappa shape index (κ2) is 10.1. The van der Waals surface area contributed by atoms with Crippen molar-refractivity contribution in [3.8, 4) is 0 Å². The molecule has 1 fully saturated rings. The van der Waals surface area contributed by atoms with E-state index < -0.39 is 28.8 Å². The Balaban J connectivity index is 1.32. The number of rotatable bonds is 6. The van der Waals surface area contributed by atoms with Gasteiger partial charge in [-0.25, -0.2) is 23.2 Å². The molecule has 0 radical (unpaired) electrons. The minimum absolute atomic E-state index is 0.00355. The summed E-state index contributed by atoms with van der Waals surface area (Å²) in [4.78, 5) is 32.9. The molecule has 0 bridgehead atoms. The Labute approximate surface area is 218 Å². The van der Waals surface area contributed by atoms with E-state index in [0.29, 0.717) is 24.1 Å². The van der Waals surface area contributed by atoms with Gasteiger partial charge in [0.25, 0.3) is 5.91 Å². The summed E-state index contributed by atoms with van der Waals surface area (Å²) in [5, 5.41) is 16.2. The second-order valence-corrected chi connectivity index (χ2v) is 9.86.